The lowest BCUT2D eigenvalue weighted by molar-refractivity contribution is 0.0952. The van der Waals surface area contributed by atoms with E-state index in [0.29, 0.717) is 35.7 Å². The van der Waals surface area contributed by atoms with Crippen molar-refractivity contribution in [2.24, 2.45) is 0 Å². The van der Waals surface area contributed by atoms with Crippen LogP contribution in [-0.2, 0) is 0 Å². The van der Waals surface area contributed by atoms with Gasteiger partial charge in [0.15, 0.2) is 0 Å². The number of rotatable bonds is 9. The average Bonchev–Trinajstić information content (AvgIpc) is 2.66. The highest BCUT2D eigenvalue weighted by Gasteiger charge is 2.12. The van der Waals surface area contributed by atoms with Crippen molar-refractivity contribution in [2.45, 2.75) is 13.3 Å². The average molecular weight is 369 g/mol. The maximum Gasteiger partial charge on any atom is 0.255 e. The Morgan fingerprint density at radius 1 is 1.00 bits per heavy atom. The van der Waals surface area contributed by atoms with E-state index in [-0.39, 0.29) is 11.8 Å². The molecule has 0 aliphatic rings. The van der Waals surface area contributed by atoms with E-state index in [9.17, 15) is 9.59 Å². The van der Waals surface area contributed by atoms with Crippen LogP contribution in [0.3, 0.4) is 0 Å². The van der Waals surface area contributed by atoms with E-state index in [1.54, 1.807) is 36.4 Å². The van der Waals surface area contributed by atoms with Crippen LogP contribution in [0.4, 0.5) is 5.69 Å². The van der Waals surface area contributed by atoms with Gasteiger partial charge in [-0.3, -0.25) is 9.59 Å². The molecule has 6 heteroatoms. The van der Waals surface area contributed by atoms with Crippen molar-refractivity contribution in [1.82, 2.24) is 10.2 Å². The van der Waals surface area contributed by atoms with Crippen LogP contribution in [0.15, 0.2) is 48.5 Å². The summed E-state index contributed by atoms with van der Waals surface area (Å²) < 4.78 is 5.53. The Kier molecular flexibility index (Phi) is 7.82. The smallest absolute Gasteiger partial charge is 0.255 e. The van der Waals surface area contributed by atoms with Gasteiger partial charge in [0.25, 0.3) is 11.8 Å². The summed E-state index contributed by atoms with van der Waals surface area (Å²) in [6.45, 7) is 3.90. The molecule has 0 aromatic heterocycles. The summed E-state index contributed by atoms with van der Waals surface area (Å²) in [7, 11) is 3.99. The molecule has 2 N–H and O–H groups in total. The molecule has 0 heterocycles. The molecule has 6 nitrogen and oxygen atoms in total. The standard InChI is InChI=1S/C21H27N3O3/c1-4-27-19-12-6-5-11-18(19)23-21(26)17-10-7-9-16(15-17)20(25)22-13-8-14-24(2)3/h5-7,9-12,15H,4,8,13-14H2,1-3H3,(H,22,25)(H,23,26). The topological polar surface area (TPSA) is 70.7 Å². The second-order valence-corrected chi connectivity index (χ2v) is 6.38. The molecule has 2 aromatic carbocycles. The van der Waals surface area contributed by atoms with Crippen molar-refractivity contribution in [3.63, 3.8) is 0 Å². The molecule has 0 atom stereocenters. The molecule has 0 bridgehead atoms. The number of nitrogens with one attached hydrogen (secondary N) is 2. The summed E-state index contributed by atoms with van der Waals surface area (Å²) in [5.74, 6) is 0.144. The SMILES string of the molecule is CCOc1ccccc1NC(=O)c1cccc(C(=O)NCCCN(C)C)c1. The van der Waals surface area contributed by atoms with Crippen LogP contribution >= 0.6 is 0 Å². The first-order chi connectivity index (χ1) is 13.0. The first kappa shape index (κ1) is 20.5. The van der Waals surface area contributed by atoms with Gasteiger partial charge >= 0.3 is 0 Å². The number of anilines is 1. The van der Waals surface area contributed by atoms with Gasteiger partial charge < -0.3 is 20.3 Å². The number of nitrogens with zero attached hydrogens (tertiary/aromatic N) is 1. The van der Waals surface area contributed by atoms with Gasteiger partial charge in [0, 0.05) is 17.7 Å². The molecule has 0 radical (unpaired) electrons. The van der Waals surface area contributed by atoms with Crippen molar-refractivity contribution in [1.29, 1.82) is 0 Å². The second-order valence-electron chi connectivity index (χ2n) is 6.38. The molecule has 2 aromatic rings. The van der Waals surface area contributed by atoms with Gasteiger partial charge in [0.2, 0.25) is 0 Å². The summed E-state index contributed by atoms with van der Waals surface area (Å²) in [5, 5.41) is 5.72. The number of hydrogen-bond acceptors (Lipinski definition) is 4. The largest absolute Gasteiger partial charge is 0.492 e. The van der Waals surface area contributed by atoms with E-state index in [1.165, 1.54) is 0 Å². The zero-order valence-electron chi connectivity index (χ0n) is 16.1. The number of carbonyl (C=O) groups is 2. The van der Waals surface area contributed by atoms with E-state index >= 15 is 0 Å². The quantitative estimate of drug-likeness (QED) is 0.667. The molecular formula is C21H27N3O3. The van der Waals surface area contributed by atoms with Crippen LogP contribution in [0.25, 0.3) is 0 Å². The fourth-order valence-electron chi connectivity index (χ4n) is 2.55. The first-order valence-corrected chi connectivity index (χ1v) is 9.07. The van der Waals surface area contributed by atoms with Crippen LogP contribution in [0.5, 0.6) is 5.75 Å². The lowest BCUT2D eigenvalue weighted by atomic mass is 10.1. The van der Waals surface area contributed by atoms with E-state index in [2.05, 4.69) is 15.5 Å². The lowest BCUT2D eigenvalue weighted by Gasteiger charge is -2.12. The molecule has 0 aliphatic heterocycles. The van der Waals surface area contributed by atoms with Crippen LogP contribution < -0.4 is 15.4 Å². The Morgan fingerprint density at radius 2 is 1.70 bits per heavy atom. The molecule has 144 valence electrons. The molecule has 0 saturated heterocycles. The number of amides is 2. The van der Waals surface area contributed by atoms with Gasteiger partial charge in [-0.25, -0.2) is 0 Å². The fraction of sp³-hybridized carbons (Fsp3) is 0.333. The Morgan fingerprint density at radius 3 is 2.41 bits per heavy atom. The molecule has 2 rings (SSSR count). The zero-order valence-corrected chi connectivity index (χ0v) is 16.1. The van der Waals surface area contributed by atoms with Crippen molar-refractivity contribution < 1.29 is 14.3 Å². The van der Waals surface area contributed by atoms with Crippen LogP contribution in [0, 0.1) is 0 Å². The van der Waals surface area contributed by atoms with Crippen LogP contribution in [-0.4, -0.2) is 50.5 Å². The maximum atomic E-state index is 12.6. The Balaban J connectivity index is 2.02. The van der Waals surface area contributed by atoms with Gasteiger partial charge in [-0.15, -0.1) is 0 Å². The minimum atomic E-state index is -0.288. The first-order valence-electron chi connectivity index (χ1n) is 9.07. The summed E-state index contributed by atoms with van der Waals surface area (Å²) in [4.78, 5) is 26.9. The van der Waals surface area contributed by atoms with Crippen molar-refractivity contribution in [2.75, 3.05) is 39.1 Å². The highest BCUT2D eigenvalue weighted by atomic mass is 16.5. The molecule has 0 aliphatic carbocycles. The van der Waals surface area contributed by atoms with Crippen molar-refractivity contribution >= 4 is 17.5 Å². The van der Waals surface area contributed by atoms with Gasteiger partial charge in [0.05, 0.1) is 12.3 Å². The number of carbonyl (C=O) groups excluding carboxylic acids is 2. The molecule has 0 spiro atoms. The van der Waals surface area contributed by atoms with Gasteiger partial charge in [-0.2, -0.15) is 0 Å². The number of para-hydroxylation sites is 2. The predicted octanol–water partition coefficient (Wildman–Crippen LogP) is 3.02. The lowest BCUT2D eigenvalue weighted by Crippen LogP contribution is -2.27. The maximum absolute atomic E-state index is 12.6. The third-order valence-corrected chi connectivity index (χ3v) is 3.89. The molecule has 0 fully saturated rings. The van der Waals surface area contributed by atoms with Crippen LogP contribution in [0.1, 0.15) is 34.1 Å². The molecule has 27 heavy (non-hydrogen) atoms. The minimum absolute atomic E-state index is 0.182. The Hall–Kier alpha value is -2.86. The van der Waals surface area contributed by atoms with E-state index in [4.69, 9.17) is 4.74 Å². The zero-order chi connectivity index (χ0) is 19.6. The number of hydrogen-bond donors (Lipinski definition) is 2. The molecule has 0 unspecified atom stereocenters. The summed E-state index contributed by atoms with van der Waals surface area (Å²) >= 11 is 0. The van der Waals surface area contributed by atoms with E-state index in [0.717, 1.165) is 13.0 Å². The molecular weight excluding hydrogens is 342 g/mol. The van der Waals surface area contributed by atoms with E-state index in [1.807, 2.05) is 33.2 Å². The Labute approximate surface area is 160 Å². The van der Waals surface area contributed by atoms with Crippen molar-refractivity contribution in [3.8, 4) is 5.75 Å². The summed E-state index contributed by atoms with van der Waals surface area (Å²) in [5.41, 5.74) is 1.48. The molecule has 2 amide bonds. The predicted molar refractivity (Wildman–Crippen MR) is 108 cm³/mol. The number of ether oxygens (including phenoxy) is 1. The van der Waals surface area contributed by atoms with Crippen LogP contribution in [0.2, 0.25) is 0 Å². The fourth-order valence-corrected chi connectivity index (χ4v) is 2.55. The molecule has 0 saturated carbocycles. The summed E-state index contributed by atoms with van der Waals surface area (Å²) in [6, 6.07) is 13.9. The number of benzene rings is 2. The van der Waals surface area contributed by atoms with Crippen molar-refractivity contribution in [3.05, 3.63) is 59.7 Å². The minimum Gasteiger partial charge on any atom is -0.492 e. The normalized spacial score (nSPS) is 10.5. The second kappa shape index (κ2) is 10.3. The van der Waals surface area contributed by atoms with Gasteiger partial charge in [0.1, 0.15) is 5.75 Å². The van der Waals surface area contributed by atoms with Gasteiger partial charge in [-0.1, -0.05) is 18.2 Å². The third kappa shape index (κ3) is 6.42. The van der Waals surface area contributed by atoms with E-state index < -0.39 is 0 Å². The third-order valence-electron chi connectivity index (χ3n) is 3.89. The monoisotopic (exact) mass is 369 g/mol. The Bertz CT molecular complexity index is 775. The highest BCUT2D eigenvalue weighted by Crippen LogP contribution is 2.24. The summed E-state index contributed by atoms with van der Waals surface area (Å²) in [6.07, 6.45) is 0.868. The highest BCUT2D eigenvalue weighted by molar-refractivity contribution is 6.06. The van der Waals surface area contributed by atoms with Gasteiger partial charge in [-0.05, 0) is 64.3 Å².